The summed E-state index contributed by atoms with van der Waals surface area (Å²) in [5.74, 6) is -0.441. The molecule has 25 heavy (non-hydrogen) atoms. The Balaban J connectivity index is 2.07. The highest BCUT2D eigenvalue weighted by Gasteiger charge is 2.30. The maximum Gasteiger partial charge on any atom is 0.416 e. The maximum atomic E-state index is 12.5. The molecule has 1 amide bonds. The van der Waals surface area contributed by atoms with Crippen molar-refractivity contribution in [3.05, 3.63) is 41.6 Å². The molecule has 0 saturated carbocycles. The van der Waals surface area contributed by atoms with E-state index in [2.05, 4.69) is 5.32 Å². The number of ether oxygens (including phenoxy) is 1. The predicted molar refractivity (Wildman–Crippen MR) is 85.4 cm³/mol. The first-order valence-corrected chi connectivity index (χ1v) is 7.69. The molecular weight excluding hydrogens is 335 g/mol. The lowest BCUT2D eigenvalue weighted by molar-refractivity contribution is -0.138. The molecule has 0 aliphatic carbocycles. The third-order valence-electron chi connectivity index (χ3n) is 3.65. The number of nitrogens with zero attached hydrogens (tertiary/aromatic N) is 2. The summed E-state index contributed by atoms with van der Waals surface area (Å²) in [6, 6.07) is 6.14. The topological polar surface area (TPSA) is 65.4 Å². The number of hydrogen-bond acceptors (Lipinski definition) is 4. The highest BCUT2D eigenvalue weighted by molar-refractivity contribution is 5.97. The normalized spacial score (nSPS) is 21.6. The van der Waals surface area contributed by atoms with Gasteiger partial charge in [0.1, 0.15) is 11.6 Å². The van der Waals surface area contributed by atoms with Gasteiger partial charge in [0.2, 0.25) is 0 Å². The van der Waals surface area contributed by atoms with Gasteiger partial charge < -0.3 is 15.0 Å². The number of hydrogen-bond donors (Lipinski definition) is 1. The first-order chi connectivity index (χ1) is 11.7. The van der Waals surface area contributed by atoms with Crippen molar-refractivity contribution in [2.75, 3.05) is 18.4 Å². The van der Waals surface area contributed by atoms with Crippen LogP contribution in [-0.2, 0) is 15.7 Å². The van der Waals surface area contributed by atoms with Crippen molar-refractivity contribution in [3.63, 3.8) is 0 Å². The molecule has 1 aromatic rings. The lowest BCUT2D eigenvalue weighted by atomic mass is 10.2. The Kier molecular flexibility index (Phi) is 5.69. The zero-order chi connectivity index (χ0) is 18.6. The summed E-state index contributed by atoms with van der Waals surface area (Å²) in [5.41, 5.74) is -0.548. The molecule has 2 unspecified atom stereocenters. The van der Waals surface area contributed by atoms with E-state index in [1.54, 1.807) is 0 Å². The fourth-order valence-electron chi connectivity index (χ4n) is 2.57. The number of anilines is 1. The molecule has 1 aromatic carbocycles. The van der Waals surface area contributed by atoms with Gasteiger partial charge in [0.15, 0.2) is 0 Å². The fourth-order valence-corrected chi connectivity index (χ4v) is 2.57. The number of rotatable bonds is 3. The molecule has 0 aromatic heterocycles. The van der Waals surface area contributed by atoms with Gasteiger partial charge in [-0.3, -0.25) is 4.79 Å². The van der Waals surface area contributed by atoms with Crippen molar-refractivity contribution in [2.45, 2.75) is 32.2 Å². The van der Waals surface area contributed by atoms with E-state index in [1.807, 2.05) is 19.9 Å². The second-order valence-corrected chi connectivity index (χ2v) is 5.86. The summed E-state index contributed by atoms with van der Waals surface area (Å²) in [5, 5.41) is 11.9. The lowest BCUT2D eigenvalue weighted by Crippen LogP contribution is -2.48. The van der Waals surface area contributed by atoms with Crippen molar-refractivity contribution in [1.29, 1.82) is 5.26 Å². The largest absolute Gasteiger partial charge is 0.416 e. The average Bonchev–Trinajstić information content (AvgIpc) is 2.54. The minimum absolute atomic E-state index is 0.124. The van der Waals surface area contributed by atoms with Crippen molar-refractivity contribution in [3.8, 4) is 6.07 Å². The molecule has 8 heteroatoms. The molecule has 1 heterocycles. The highest BCUT2D eigenvalue weighted by Crippen LogP contribution is 2.29. The summed E-state index contributed by atoms with van der Waals surface area (Å²) in [6.07, 6.45) is -3.47. The summed E-state index contributed by atoms with van der Waals surface area (Å²) in [4.78, 5) is 13.9. The molecule has 1 aliphatic heterocycles. The molecule has 2 atom stereocenters. The molecule has 5 nitrogen and oxygen atoms in total. The summed E-state index contributed by atoms with van der Waals surface area (Å²) in [7, 11) is 0. The van der Waals surface area contributed by atoms with Crippen molar-refractivity contribution < 1.29 is 22.7 Å². The molecule has 1 saturated heterocycles. The van der Waals surface area contributed by atoms with Crippen LogP contribution in [0.2, 0.25) is 0 Å². The standard InChI is InChI=1S/C17H18F3N3O2/c1-11-9-23(10-12(2)25-11)16(24)13(7-21)8-22-15-5-3-14(4-6-15)17(18,19)20/h3-6,8,11-12,22H,9-10H2,1-2H3/b13-8-. The van der Waals surface area contributed by atoms with Gasteiger partial charge in [-0.1, -0.05) is 0 Å². The second-order valence-electron chi connectivity index (χ2n) is 5.86. The second kappa shape index (κ2) is 7.57. The number of amides is 1. The number of benzene rings is 1. The predicted octanol–water partition coefficient (Wildman–Crippen LogP) is 3.16. The molecule has 0 spiro atoms. The Morgan fingerprint density at radius 1 is 1.28 bits per heavy atom. The van der Waals surface area contributed by atoms with Crippen molar-refractivity contribution in [2.24, 2.45) is 0 Å². The zero-order valence-corrected chi connectivity index (χ0v) is 13.8. The van der Waals surface area contributed by atoms with Crippen LogP contribution < -0.4 is 5.32 Å². The number of nitrogens with one attached hydrogen (secondary N) is 1. The molecule has 1 aliphatic rings. The molecular formula is C17H18F3N3O2. The maximum absolute atomic E-state index is 12.5. The summed E-state index contributed by atoms with van der Waals surface area (Å²) in [6.45, 7) is 4.43. The zero-order valence-electron chi connectivity index (χ0n) is 13.8. The Labute approximate surface area is 143 Å². The highest BCUT2D eigenvalue weighted by atomic mass is 19.4. The van der Waals surface area contributed by atoms with Gasteiger partial charge in [0.25, 0.3) is 5.91 Å². The van der Waals surface area contributed by atoms with Gasteiger partial charge >= 0.3 is 6.18 Å². The van der Waals surface area contributed by atoms with E-state index in [9.17, 15) is 23.2 Å². The van der Waals surface area contributed by atoms with Crippen LogP contribution >= 0.6 is 0 Å². The van der Waals surface area contributed by atoms with Crippen LogP contribution in [0, 0.1) is 11.3 Å². The van der Waals surface area contributed by atoms with Crippen LogP contribution in [0.4, 0.5) is 18.9 Å². The van der Waals surface area contributed by atoms with E-state index in [0.717, 1.165) is 12.1 Å². The summed E-state index contributed by atoms with van der Waals surface area (Å²) >= 11 is 0. The Bertz CT molecular complexity index is 683. The van der Waals surface area contributed by atoms with E-state index in [1.165, 1.54) is 23.2 Å². The lowest BCUT2D eigenvalue weighted by Gasteiger charge is -2.35. The number of halogens is 3. The van der Waals surface area contributed by atoms with Crippen LogP contribution in [0.1, 0.15) is 19.4 Å². The third-order valence-corrected chi connectivity index (χ3v) is 3.65. The Morgan fingerprint density at radius 3 is 2.32 bits per heavy atom. The smallest absolute Gasteiger partial charge is 0.372 e. The molecule has 0 radical (unpaired) electrons. The van der Waals surface area contributed by atoms with Gasteiger partial charge in [-0.15, -0.1) is 0 Å². The van der Waals surface area contributed by atoms with E-state index >= 15 is 0 Å². The van der Waals surface area contributed by atoms with Crippen molar-refractivity contribution in [1.82, 2.24) is 4.90 Å². The van der Waals surface area contributed by atoms with Crippen molar-refractivity contribution >= 4 is 11.6 Å². The first kappa shape index (κ1) is 18.8. The number of carbonyl (C=O) groups excluding carboxylic acids is 1. The molecule has 1 fully saturated rings. The van der Waals surface area contributed by atoms with Crippen LogP contribution in [0.5, 0.6) is 0 Å². The van der Waals surface area contributed by atoms with E-state index in [4.69, 9.17) is 4.74 Å². The Hall–Kier alpha value is -2.53. The van der Waals surface area contributed by atoms with E-state index in [0.29, 0.717) is 18.8 Å². The number of nitriles is 1. The quantitative estimate of drug-likeness (QED) is 0.670. The molecule has 134 valence electrons. The van der Waals surface area contributed by atoms with E-state index in [-0.39, 0.29) is 17.8 Å². The number of carbonyl (C=O) groups is 1. The van der Waals surface area contributed by atoms with Gasteiger partial charge in [-0.05, 0) is 38.1 Å². The molecule has 2 rings (SSSR count). The minimum atomic E-state index is -4.41. The number of alkyl halides is 3. The molecule has 0 bridgehead atoms. The SMILES string of the molecule is CC1CN(C(=O)/C(C#N)=C\Nc2ccc(C(F)(F)F)cc2)CC(C)O1. The first-order valence-electron chi connectivity index (χ1n) is 7.69. The van der Waals surface area contributed by atoms with Crippen LogP contribution in [0.15, 0.2) is 36.0 Å². The Morgan fingerprint density at radius 2 is 1.84 bits per heavy atom. The average molecular weight is 353 g/mol. The van der Waals surface area contributed by atoms with Crippen LogP contribution in [0.25, 0.3) is 0 Å². The monoisotopic (exact) mass is 353 g/mol. The van der Waals surface area contributed by atoms with Crippen LogP contribution in [-0.4, -0.2) is 36.1 Å². The molecule has 1 N–H and O–H groups in total. The third kappa shape index (κ3) is 4.97. The van der Waals surface area contributed by atoms with Gasteiger partial charge in [-0.2, -0.15) is 18.4 Å². The number of morpholine rings is 1. The van der Waals surface area contributed by atoms with Gasteiger partial charge in [-0.25, -0.2) is 0 Å². The van der Waals surface area contributed by atoms with Gasteiger partial charge in [0, 0.05) is 25.0 Å². The van der Waals surface area contributed by atoms with E-state index < -0.39 is 17.6 Å². The van der Waals surface area contributed by atoms with Crippen LogP contribution in [0.3, 0.4) is 0 Å². The summed E-state index contributed by atoms with van der Waals surface area (Å²) < 4.78 is 43.1. The minimum Gasteiger partial charge on any atom is -0.372 e. The fraction of sp³-hybridized carbons (Fsp3) is 0.412. The van der Waals surface area contributed by atoms with Gasteiger partial charge in [0.05, 0.1) is 17.8 Å².